The lowest BCUT2D eigenvalue weighted by Crippen LogP contribution is -2.20. The SMILES string of the molecule is Fc1ccc(C2=C[C@H](c3ccc(Cl)cc3)n3nnnc3N2)cc1. The number of anilines is 1. The summed E-state index contributed by atoms with van der Waals surface area (Å²) in [4.78, 5) is 0. The molecule has 1 atom stereocenters. The molecule has 1 aromatic heterocycles. The summed E-state index contributed by atoms with van der Waals surface area (Å²) in [5.41, 5.74) is 2.69. The summed E-state index contributed by atoms with van der Waals surface area (Å²) in [5, 5.41) is 15.6. The molecular weight excluding hydrogens is 317 g/mol. The molecule has 1 aliphatic heterocycles. The minimum atomic E-state index is -0.274. The van der Waals surface area contributed by atoms with E-state index in [1.165, 1.54) is 12.1 Å². The standard InChI is InChI=1S/C16H11ClFN5/c17-12-5-1-11(2-6-12)15-9-14(10-3-7-13(18)8-4-10)19-16-20-21-22-23(15)16/h1-9,15H,(H,19,20,22)/t15-/m1/s1. The summed E-state index contributed by atoms with van der Waals surface area (Å²) in [5.74, 6) is 0.260. The van der Waals surface area contributed by atoms with Crippen LogP contribution in [0.1, 0.15) is 17.2 Å². The van der Waals surface area contributed by atoms with Crippen LogP contribution >= 0.6 is 11.6 Å². The number of nitrogens with zero attached hydrogens (tertiary/aromatic N) is 4. The molecule has 0 amide bonds. The van der Waals surface area contributed by atoms with Gasteiger partial charge in [0.2, 0.25) is 5.95 Å². The average Bonchev–Trinajstić information content (AvgIpc) is 3.04. The zero-order valence-electron chi connectivity index (χ0n) is 11.8. The van der Waals surface area contributed by atoms with Crippen molar-refractivity contribution in [3.63, 3.8) is 0 Å². The average molecular weight is 328 g/mol. The molecule has 0 unspecified atom stereocenters. The summed E-state index contributed by atoms with van der Waals surface area (Å²) < 4.78 is 14.8. The maximum absolute atomic E-state index is 13.1. The van der Waals surface area contributed by atoms with Gasteiger partial charge in [-0.2, -0.15) is 4.68 Å². The largest absolute Gasteiger partial charge is 0.323 e. The topological polar surface area (TPSA) is 55.6 Å². The van der Waals surface area contributed by atoms with Crippen LogP contribution in [0.3, 0.4) is 0 Å². The quantitative estimate of drug-likeness (QED) is 0.782. The number of aromatic nitrogens is 4. The van der Waals surface area contributed by atoms with Gasteiger partial charge in [-0.3, -0.25) is 0 Å². The van der Waals surface area contributed by atoms with E-state index >= 15 is 0 Å². The summed E-state index contributed by atoms with van der Waals surface area (Å²) in [6.07, 6.45) is 2.00. The predicted molar refractivity (Wildman–Crippen MR) is 85.4 cm³/mol. The Morgan fingerprint density at radius 1 is 1.04 bits per heavy atom. The first-order chi connectivity index (χ1) is 11.2. The van der Waals surface area contributed by atoms with Crippen molar-refractivity contribution in [3.05, 3.63) is 76.6 Å². The second-order valence-electron chi connectivity index (χ2n) is 5.16. The molecule has 0 saturated carbocycles. The van der Waals surface area contributed by atoms with Gasteiger partial charge in [0.05, 0.1) is 0 Å². The Labute approximate surface area is 136 Å². The molecule has 0 radical (unpaired) electrons. The van der Waals surface area contributed by atoms with E-state index in [-0.39, 0.29) is 11.9 Å². The zero-order valence-corrected chi connectivity index (χ0v) is 12.6. The monoisotopic (exact) mass is 327 g/mol. The van der Waals surface area contributed by atoms with Gasteiger partial charge >= 0.3 is 0 Å². The van der Waals surface area contributed by atoms with E-state index < -0.39 is 0 Å². The van der Waals surface area contributed by atoms with E-state index in [2.05, 4.69) is 20.8 Å². The third-order valence-electron chi connectivity index (χ3n) is 3.69. The number of halogens is 2. The van der Waals surface area contributed by atoms with Crippen LogP contribution in [0.15, 0.2) is 54.6 Å². The van der Waals surface area contributed by atoms with Crippen molar-refractivity contribution in [1.82, 2.24) is 20.2 Å². The molecule has 1 aliphatic rings. The number of rotatable bonds is 2. The van der Waals surface area contributed by atoms with Gasteiger partial charge in [0, 0.05) is 10.7 Å². The Hall–Kier alpha value is -2.73. The van der Waals surface area contributed by atoms with E-state index in [1.807, 2.05) is 30.3 Å². The number of benzene rings is 2. The van der Waals surface area contributed by atoms with Crippen molar-refractivity contribution in [1.29, 1.82) is 0 Å². The van der Waals surface area contributed by atoms with E-state index in [4.69, 9.17) is 11.6 Å². The highest BCUT2D eigenvalue weighted by atomic mass is 35.5. The van der Waals surface area contributed by atoms with Crippen LogP contribution in [0.5, 0.6) is 0 Å². The number of nitrogens with one attached hydrogen (secondary N) is 1. The van der Waals surface area contributed by atoms with Crippen LogP contribution in [0.2, 0.25) is 5.02 Å². The van der Waals surface area contributed by atoms with Crippen LogP contribution in [-0.2, 0) is 0 Å². The van der Waals surface area contributed by atoms with Gasteiger partial charge in [0.1, 0.15) is 11.9 Å². The van der Waals surface area contributed by atoms with Crippen molar-refractivity contribution < 1.29 is 4.39 Å². The highest BCUT2D eigenvalue weighted by molar-refractivity contribution is 6.30. The highest BCUT2D eigenvalue weighted by Crippen LogP contribution is 2.31. The Morgan fingerprint density at radius 3 is 2.52 bits per heavy atom. The molecule has 7 heteroatoms. The van der Waals surface area contributed by atoms with Crippen molar-refractivity contribution in [2.45, 2.75) is 6.04 Å². The van der Waals surface area contributed by atoms with Crippen LogP contribution in [0, 0.1) is 5.82 Å². The molecule has 3 aromatic rings. The fourth-order valence-corrected chi connectivity index (χ4v) is 2.68. The van der Waals surface area contributed by atoms with Crippen LogP contribution in [0.25, 0.3) is 5.70 Å². The number of hydrogen-bond acceptors (Lipinski definition) is 4. The first-order valence-corrected chi connectivity index (χ1v) is 7.36. The van der Waals surface area contributed by atoms with Gasteiger partial charge in [-0.25, -0.2) is 4.39 Å². The minimum absolute atomic E-state index is 0.168. The normalized spacial score (nSPS) is 16.4. The minimum Gasteiger partial charge on any atom is -0.323 e. The first kappa shape index (κ1) is 13.9. The number of allylic oxidation sites excluding steroid dienone is 1. The molecule has 2 heterocycles. The predicted octanol–water partition coefficient (Wildman–Crippen LogP) is 3.52. The van der Waals surface area contributed by atoms with Gasteiger partial charge in [0.15, 0.2) is 0 Å². The molecule has 0 aliphatic carbocycles. The smallest absolute Gasteiger partial charge is 0.248 e. The molecule has 2 aromatic carbocycles. The lowest BCUT2D eigenvalue weighted by Gasteiger charge is -2.23. The molecule has 114 valence electrons. The molecular formula is C16H11ClFN5. The first-order valence-electron chi connectivity index (χ1n) is 6.99. The van der Waals surface area contributed by atoms with Crippen molar-refractivity contribution >= 4 is 23.2 Å². The molecule has 0 spiro atoms. The molecule has 5 nitrogen and oxygen atoms in total. The van der Waals surface area contributed by atoms with Gasteiger partial charge in [-0.15, -0.1) is 0 Å². The number of hydrogen-bond donors (Lipinski definition) is 1. The van der Waals surface area contributed by atoms with E-state index in [0.29, 0.717) is 11.0 Å². The molecule has 4 rings (SSSR count). The van der Waals surface area contributed by atoms with Crippen LogP contribution in [0.4, 0.5) is 10.3 Å². The highest BCUT2D eigenvalue weighted by Gasteiger charge is 2.24. The summed E-state index contributed by atoms with van der Waals surface area (Å²) >= 11 is 5.96. The summed E-state index contributed by atoms with van der Waals surface area (Å²) in [6.45, 7) is 0. The maximum atomic E-state index is 13.1. The lowest BCUT2D eigenvalue weighted by molar-refractivity contribution is 0.586. The third-order valence-corrected chi connectivity index (χ3v) is 3.95. The third kappa shape index (κ3) is 2.57. The van der Waals surface area contributed by atoms with Gasteiger partial charge in [0.25, 0.3) is 0 Å². The Morgan fingerprint density at radius 2 is 1.78 bits per heavy atom. The summed E-state index contributed by atoms with van der Waals surface area (Å²) in [7, 11) is 0. The Kier molecular flexibility index (Phi) is 3.31. The zero-order chi connectivity index (χ0) is 15.8. The van der Waals surface area contributed by atoms with Crippen LogP contribution in [-0.4, -0.2) is 20.2 Å². The van der Waals surface area contributed by atoms with E-state index in [1.54, 1.807) is 16.8 Å². The second kappa shape index (κ2) is 5.48. The summed E-state index contributed by atoms with van der Waals surface area (Å²) in [6, 6.07) is 13.6. The van der Waals surface area contributed by atoms with E-state index in [9.17, 15) is 4.39 Å². The van der Waals surface area contributed by atoms with Gasteiger partial charge in [-0.1, -0.05) is 28.8 Å². The molecule has 23 heavy (non-hydrogen) atoms. The second-order valence-corrected chi connectivity index (χ2v) is 5.59. The Balaban J connectivity index is 1.79. The number of tetrazole rings is 1. The van der Waals surface area contributed by atoms with E-state index in [0.717, 1.165) is 16.8 Å². The fraction of sp³-hybridized carbons (Fsp3) is 0.0625. The van der Waals surface area contributed by atoms with Gasteiger partial charge < -0.3 is 5.32 Å². The van der Waals surface area contributed by atoms with Crippen molar-refractivity contribution in [2.75, 3.05) is 5.32 Å². The molecule has 0 fully saturated rings. The van der Waals surface area contributed by atoms with Gasteiger partial charge in [-0.05, 0) is 64.0 Å². The van der Waals surface area contributed by atoms with Crippen molar-refractivity contribution in [2.24, 2.45) is 0 Å². The maximum Gasteiger partial charge on any atom is 0.248 e. The Bertz CT molecular complexity index is 870. The lowest BCUT2D eigenvalue weighted by atomic mass is 10.0. The fourth-order valence-electron chi connectivity index (χ4n) is 2.55. The molecule has 0 bridgehead atoms. The molecule has 1 N–H and O–H groups in total. The van der Waals surface area contributed by atoms with Crippen molar-refractivity contribution in [3.8, 4) is 0 Å². The molecule has 0 saturated heterocycles. The number of fused-ring (bicyclic) bond motifs is 1. The van der Waals surface area contributed by atoms with Crippen LogP contribution < -0.4 is 5.32 Å².